The average molecular weight is 408 g/mol. The first-order valence-electron chi connectivity index (χ1n) is 9.78. The van der Waals surface area contributed by atoms with Gasteiger partial charge in [-0.15, -0.1) is 11.8 Å². The molecule has 6 heteroatoms. The van der Waals surface area contributed by atoms with Crippen molar-refractivity contribution in [3.63, 3.8) is 0 Å². The fraction of sp³-hybridized carbons (Fsp3) is 0.261. The molecule has 2 aromatic carbocycles. The van der Waals surface area contributed by atoms with Gasteiger partial charge >= 0.3 is 0 Å². The predicted octanol–water partition coefficient (Wildman–Crippen LogP) is 4.58. The summed E-state index contributed by atoms with van der Waals surface area (Å²) in [5, 5.41) is 2.99. The van der Waals surface area contributed by atoms with Crippen LogP contribution in [0.5, 0.6) is 0 Å². The maximum absolute atomic E-state index is 12.7. The Balaban J connectivity index is 1.36. The second-order valence-electron chi connectivity index (χ2n) is 7.15. The maximum atomic E-state index is 12.7. The van der Waals surface area contributed by atoms with Gasteiger partial charge in [0.05, 0.1) is 17.6 Å². The van der Waals surface area contributed by atoms with Gasteiger partial charge in [0.25, 0.3) is 5.91 Å². The molecule has 0 atom stereocenters. The lowest BCUT2D eigenvalue weighted by Crippen LogP contribution is -2.44. The molecular weight excluding hydrogens is 382 g/mol. The van der Waals surface area contributed by atoms with Crippen molar-refractivity contribution in [2.24, 2.45) is 0 Å². The Hall–Kier alpha value is -2.70. The van der Waals surface area contributed by atoms with E-state index in [1.807, 2.05) is 30.3 Å². The van der Waals surface area contributed by atoms with Crippen molar-refractivity contribution in [2.75, 3.05) is 43.4 Å². The predicted molar refractivity (Wildman–Crippen MR) is 119 cm³/mol. The van der Waals surface area contributed by atoms with E-state index in [0.717, 1.165) is 36.8 Å². The van der Waals surface area contributed by atoms with Crippen LogP contribution in [0, 0.1) is 0 Å². The number of anilines is 2. The number of amides is 1. The number of hydrogen-bond donors (Lipinski definition) is 1. The first-order valence-corrected chi connectivity index (χ1v) is 10.8. The molecule has 1 fully saturated rings. The Morgan fingerprint density at radius 3 is 2.45 bits per heavy atom. The number of nitrogens with one attached hydrogen (secondary N) is 1. The molecule has 1 N–H and O–H groups in total. The number of nitrogens with zero attached hydrogens (tertiary/aromatic N) is 2. The molecule has 0 aliphatic carbocycles. The molecule has 29 heavy (non-hydrogen) atoms. The molecule has 2 heterocycles. The summed E-state index contributed by atoms with van der Waals surface area (Å²) in [7, 11) is 2.15. The van der Waals surface area contributed by atoms with Gasteiger partial charge in [0.15, 0.2) is 0 Å². The minimum Gasteiger partial charge on any atom is -0.468 e. The van der Waals surface area contributed by atoms with Gasteiger partial charge in [0, 0.05) is 42.4 Å². The highest BCUT2D eigenvalue weighted by molar-refractivity contribution is 7.98. The van der Waals surface area contributed by atoms with Crippen molar-refractivity contribution in [3.8, 4) is 0 Å². The first-order chi connectivity index (χ1) is 14.2. The number of hydrogen-bond acceptors (Lipinski definition) is 5. The van der Waals surface area contributed by atoms with Gasteiger partial charge in [0.2, 0.25) is 0 Å². The molecule has 0 spiro atoms. The molecule has 4 rings (SSSR count). The zero-order valence-electron chi connectivity index (χ0n) is 16.5. The molecule has 1 saturated heterocycles. The summed E-state index contributed by atoms with van der Waals surface area (Å²) in [4.78, 5) is 18.6. The van der Waals surface area contributed by atoms with E-state index in [1.54, 1.807) is 24.1 Å². The van der Waals surface area contributed by atoms with Crippen LogP contribution in [0.2, 0.25) is 0 Å². The number of likely N-dealkylation sites (N-methyl/N-ethyl adjacent to an activating group) is 1. The fourth-order valence-electron chi connectivity index (χ4n) is 3.34. The number of piperazine rings is 1. The summed E-state index contributed by atoms with van der Waals surface area (Å²) in [5.74, 6) is 1.16. The second-order valence-corrected chi connectivity index (χ2v) is 8.20. The minimum absolute atomic E-state index is 0.144. The van der Waals surface area contributed by atoms with Crippen LogP contribution in [0.1, 0.15) is 16.1 Å². The van der Waals surface area contributed by atoms with Crippen LogP contribution >= 0.6 is 11.8 Å². The van der Waals surface area contributed by atoms with Crippen molar-refractivity contribution >= 4 is 29.0 Å². The molecule has 1 aliphatic heterocycles. The second kappa shape index (κ2) is 9.20. The number of rotatable bonds is 6. The molecule has 1 aliphatic rings. The summed E-state index contributed by atoms with van der Waals surface area (Å²) >= 11 is 1.65. The van der Waals surface area contributed by atoms with Gasteiger partial charge in [-0.3, -0.25) is 4.79 Å². The zero-order chi connectivity index (χ0) is 20.1. The Labute approximate surface area is 175 Å². The third-order valence-corrected chi connectivity index (χ3v) is 6.11. The van der Waals surface area contributed by atoms with Crippen molar-refractivity contribution in [2.45, 2.75) is 10.6 Å². The number of thioether (sulfide) groups is 1. The number of carbonyl (C=O) groups excluding carboxylic acids is 1. The Kier molecular flexibility index (Phi) is 6.22. The largest absolute Gasteiger partial charge is 0.468 e. The number of benzene rings is 2. The Morgan fingerprint density at radius 2 is 1.72 bits per heavy atom. The van der Waals surface area contributed by atoms with Crippen molar-refractivity contribution in [3.05, 3.63) is 78.3 Å². The van der Waals surface area contributed by atoms with Gasteiger partial charge in [-0.2, -0.15) is 0 Å². The van der Waals surface area contributed by atoms with Crippen molar-refractivity contribution in [1.29, 1.82) is 0 Å². The molecule has 0 bridgehead atoms. The van der Waals surface area contributed by atoms with E-state index in [-0.39, 0.29) is 5.91 Å². The lowest BCUT2D eigenvalue weighted by Gasteiger charge is -2.34. The van der Waals surface area contributed by atoms with Crippen LogP contribution in [-0.2, 0) is 5.75 Å². The molecule has 0 saturated carbocycles. The summed E-state index contributed by atoms with van der Waals surface area (Å²) in [6, 6.07) is 19.9. The van der Waals surface area contributed by atoms with Gasteiger partial charge in [-0.05, 0) is 49.5 Å². The monoisotopic (exact) mass is 407 g/mol. The summed E-state index contributed by atoms with van der Waals surface area (Å²) < 4.78 is 5.56. The topological polar surface area (TPSA) is 48.7 Å². The minimum atomic E-state index is -0.144. The standard InChI is InChI=1S/C23H25N3O2S/c1-25-12-14-26(15-13-25)19-9-7-18(8-10-19)24-23(27)21-11-16-28-22(21)17-29-20-5-3-2-4-6-20/h2-11,16H,12-15,17H2,1H3,(H,24,27). The van der Waals surface area contributed by atoms with Crippen LogP contribution in [0.25, 0.3) is 0 Å². The molecule has 0 radical (unpaired) electrons. The van der Waals surface area contributed by atoms with Crippen LogP contribution in [0.15, 0.2) is 76.2 Å². The molecular formula is C23H25N3O2S. The van der Waals surface area contributed by atoms with Gasteiger partial charge in [0.1, 0.15) is 5.76 Å². The van der Waals surface area contributed by atoms with Gasteiger partial charge < -0.3 is 19.5 Å². The normalized spacial score (nSPS) is 14.7. The number of furan rings is 1. The van der Waals surface area contributed by atoms with Crippen LogP contribution in [-0.4, -0.2) is 44.0 Å². The van der Waals surface area contributed by atoms with E-state index in [4.69, 9.17) is 4.42 Å². The fourth-order valence-corrected chi connectivity index (χ4v) is 4.21. The molecule has 5 nitrogen and oxygen atoms in total. The zero-order valence-corrected chi connectivity index (χ0v) is 17.3. The highest BCUT2D eigenvalue weighted by atomic mass is 32.2. The molecule has 1 aromatic heterocycles. The van der Waals surface area contributed by atoms with Gasteiger partial charge in [-0.1, -0.05) is 18.2 Å². The lowest BCUT2D eigenvalue weighted by atomic mass is 10.2. The number of carbonyl (C=O) groups is 1. The summed E-state index contributed by atoms with van der Waals surface area (Å²) in [5.41, 5.74) is 2.56. The molecule has 3 aromatic rings. The third-order valence-electron chi connectivity index (χ3n) is 5.10. The lowest BCUT2D eigenvalue weighted by molar-refractivity contribution is 0.102. The van der Waals surface area contributed by atoms with E-state index in [0.29, 0.717) is 17.1 Å². The van der Waals surface area contributed by atoms with Crippen LogP contribution in [0.4, 0.5) is 11.4 Å². The highest BCUT2D eigenvalue weighted by Gasteiger charge is 2.16. The third kappa shape index (κ3) is 5.02. The average Bonchev–Trinajstić information content (AvgIpc) is 3.23. The van der Waals surface area contributed by atoms with Crippen LogP contribution < -0.4 is 10.2 Å². The Morgan fingerprint density at radius 1 is 1.00 bits per heavy atom. The SMILES string of the molecule is CN1CCN(c2ccc(NC(=O)c3ccoc3CSc3ccccc3)cc2)CC1. The summed E-state index contributed by atoms with van der Waals surface area (Å²) in [6.07, 6.45) is 1.58. The van der Waals surface area contributed by atoms with Crippen molar-refractivity contribution in [1.82, 2.24) is 4.90 Å². The van der Waals surface area contributed by atoms with E-state index < -0.39 is 0 Å². The molecule has 0 unspecified atom stereocenters. The van der Waals surface area contributed by atoms with Crippen LogP contribution in [0.3, 0.4) is 0 Å². The molecule has 1 amide bonds. The summed E-state index contributed by atoms with van der Waals surface area (Å²) in [6.45, 7) is 4.20. The smallest absolute Gasteiger partial charge is 0.259 e. The van der Waals surface area contributed by atoms with E-state index in [9.17, 15) is 4.79 Å². The molecule has 150 valence electrons. The van der Waals surface area contributed by atoms with E-state index >= 15 is 0 Å². The van der Waals surface area contributed by atoms with E-state index in [1.165, 1.54) is 5.69 Å². The quantitative estimate of drug-likeness (QED) is 0.606. The van der Waals surface area contributed by atoms with Gasteiger partial charge in [-0.25, -0.2) is 0 Å². The van der Waals surface area contributed by atoms with Crippen molar-refractivity contribution < 1.29 is 9.21 Å². The highest BCUT2D eigenvalue weighted by Crippen LogP contribution is 2.26. The van der Waals surface area contributed by atoms with E-state index in [2.05, 4.69) is 46.4 Å². The maximum Gasteiger partial charge on any atom is 0.259 e. The Bertz CT molecular complexity index is 932. The first kappa shape index (κ1) is 19.6.